The van der Waals surface area contributed by atoms with E-state index >= 15 is 0 Å². The van der Waals surface area contributed by atoms with Gasteiger partial charge in [0.2, 0.25) is 0 Å². The fourth-order valence-corrected chi connectivity index (χ4v) is 4.54. The van der Waals surface area contributed by atoms with E-state index < -0.39 is 0 Å². The number of nitrogens with zero attached hydrogens (tertiary/aromatic N) is 2. The van der Waals surface area contributed by atoms with Crippen molar-refractivity contribution in [2.45, 2.75) is 12.8 Å². The van der Waals surface area contributed by atoms with E-state index in [1.165, 1.54) is 0 Å². The molecule has 0 aromatic heterocycles. The Labute approximate surface area is 205 Å². The third-order valence-corrected chi connectivity index (χ3v) is 6.87. The molecule has 1 saturated heterocycles. The van der Waals surface area contributed by atoms with E-state index in [4.69, 9.17) is 32.7 Å². The number of hydrogen-bond donors (Lipinski definition) is 1. The molecule has 2 aromatic rings. The number of halogens is 2. The summed E-state index contributed by atoms with van der Waals surface area (Å²) in [7, 11) is 1.62. The Balaban J connectivity index is 1.15. The molecule has 0 bridgehead atoms. The molecule has 176 valence electrons. The Bertz CT molecular complexity index is 1020. The summed E-state index contributed by atoms with van der Waals surface area (Å²) in [6.07, 6.45) is 3.86. The molecule has 2 aromatic carbocycles. The van der Waals surface area contributed by atoms with Crippen molar-refractivity contribution in [2.75, 3.05) is 57.9 Å². The Kier molecular flexibility index (Phi) is 8.02. The molecule has 6 nitrogen and oxygen atoms in total. The van der Waals surface area contributed by atoms with Crippen LogP contribution in [0.25, 0.3) is 6.08 Å². The Hall–Kier alpha value is -2.41. The fourth-order valence-electron chi connectivity index (χ4n) is 4.13. The molecule has 2 aliphatic rings. The highest BCUT2D eigenvalue weighted by Crippen LogP contribution is 2.33. The summed E-state index contributed by atoms with van der Waals surface area (Å²) in [5.74, 6) is 1.41. The molecule has 0 aliphatic carbocycles. The van der Waals surface area contributed by atoms with Crippen molar-refractivity contribution in [3.8, 4) is 11.5 Å². The van der Waals surface area contributed by atoms with E-state index in [1.54, 1.807) is 7.11 Å². The molecule has 0 radical (unpaired) electrons. The summed E-state index contributed by atoms with van der Waals surface area (Å²) in [5, 5.41) is 4.24. The van der Waals surface area contributed by atoms with Crippen LogP contribution >= 0.6 is 23.2 Å². The second kappa shape index (κ2) is 11.1. The van der Waals surface area contributed by atoms with Gasteiger partial charge in [0.05, 0.1) is 28.4 Å². The molecule has 33 heavy (non-hydrogen) atoms. The number of hydrogen-bond acceptors (Lipinski definition) is 5. The number of ether oxygens (including phenoxy) is 2. The summed E-state index contributed by atoms with van der Waals surface area (Å²) >= 11 is 12.5. The molecule has 2 heterocycles. The third-order valence-electron chi connectivity index (χ3n) is 6.06. The minimum absolute atomic E-state index is 0.0662. The summed E-state index contributed by atoms with van der Waals surface area (Å²) < 4.78 is 10.9. The standard InChI is InChI=1S/C25H29Cl2N3O3/c1-32-20-8-7-18-15-19(17-33-23(18)16-20)25(31)28-9-2-3-10-29-11-13-30(14-12-29)22-6-4-5-21(26)24(22)27/h4-8,15-16H,2-3,9-14,17H2,1H3,(H,28,31). The van der Waals surface area contributed by atoms with Crippen LogP contribution in [0.5, 0.6) is 11.5 Å². The molecule has 1 amide bonds. The number of piperazine rings is 1. The van der Waals surface area contributed by atoms with Gasteiger partial charge < -0.3 is 19.7 Å². The quantitative estimate of drug-likeness (QED) is 0.553. The second-order valence-corrected chi connectivity index (χ2v) is 9.01. The van der Waals surface area contributed by atoms with Gasteiger partial charge in [-0.15, -0.1) is 0 Å². The van der Waals surface area contributed by atoms with Crippen LogP contribution < -0.4 is 19.7 Å². The average molecular weight is 490 g/mol. The number of unbranched alkanes of at least 4 members (excludes halogenated alkanes) is 1. The SMILES string of the molecule is COc1ccc2c(c1)OCC(C(=O)NCCCCN1CCN(c3cccc(Cl)c3Cl)CC1)=C2. The number of amides is 1. The first-order valence-electron chi connectivity index (χ1n) is 11.3. The highest BCUT2D eigenvalue weighted by atomic mass is 35.5. The number of nitrogens with one attached hydrogen (secondary N) is 1. The number of benzene rings is 2. The Morgan fingerprint density at radius 2 is 1.94 bits per heavy atom. The van der Waals surface area contributed by atoms with Crippen molar-refractivity contribution in [3.63, 3.8) is 0 Å². The lowest BCUT2D eigenvalue weighted by molar-refractivity contribution is -0.117. The van der Waals surface area contributed by atoms with E-state index in [1.807, 2.05) is 42.5 Å². The van der Waals surface area contributed by atoms with Crippen molar-refractivity contribution in [2.24, 2.45) is 0 Å². The van der Waals surface area contributed by atoms with Crippen molar-refractivity contribution < 1.29 is 14.3 Å². The zero-order chi connectivity index (χ0) is 23.2. The van der Waals surface area contributed by atoms with Gasteiger partial charge in [-0.3, -0.25) is 9.69 Å². The summed E-state index contributed by atoms with van der Waals surface area (Å²) in [5.41, 5.74) is 2.54. The van der Waals surface area contributed by atoms with Crippen LogP contribution in [0.1, 0.15) is 18.4 Å². The first kappa shape index (κ1) is 23.7. The van der Waals surface area contributed by atoms with Gasteiger partial charge in [0.1, 0.15) is 18.1 Å². The third kappa shape index (κ3) is 5.94. The van der Waals surface area contributed by atoms with E-state index in [9.17, 15) is 4.79 Å². The zero-order valence-corrected chi connectivity index (χ0v) is 20.3. The van der Waals surface area contributed by atoms with Gasteiger partial charge in [-0.2, -0.15) is 0 Å². The van der Waals surface area contributed by atoms with Gasteiger partial charge in [-0.1, -0.05) is 29.3 Å². The summed E-state index contributed by atoms with van der Waals surface area (Å²) in [6.45, 7) is 5.79. The molecule has 0 saturated carbocycles. The van der Waals surface area contributed by atoms with Crippen LogP contribution in [0, 0.1) is 0 Å². The molecule has 2 aliphatic heterocycles. The van der Waals surface area contributed by atoms with Gasteiger partial charge in [-0.05, 0) is 49.7 Å². The molecular formula is C25H29Cl2N3O3. The topological polar surface area (TPSA) is 54.0 Å². The number of methoxy groups -OCH3 is 1. The highest BCUT2D eigenvalue weighted by Gasteiger charge is 2.20. The van der Waals surface area contributed by atoms with Crippen LogP contribution in [0.3, 0.4) is 0 Å². The maximum Gasteiger partial charge on any atom is 0.250 e. The minimum Gasteiger partial charge on any atom is -0.497 e. The van der Waals surface area contributed by atoms with E-state index in [2.05, 4.69) is 15.1 Å². The predicted molar refractivity (Wildman–Crippen MR) is 134 cm³/mol. The smallest absolute Gasteiger partial charge is 0.250 e. The lowest BCUT2D eigenvalue weighted by Crippen LogP contribution is -2.46. The van der Waals surface area contributed by atoms with Crippen LogP contribution in [0.4, 0.5) is 5.69 Å². The van der Waals surface area contributed by atoms with Crippen LogP contribution in [0.2, 0.25) is 10.0 Å². The molecule has 1 fully saturated rings. The number of rotatable bonds is 8. The first-order valence-corrected chi connectivity index (χ1v) is 12.0. The molecule has 0 unspecified atom stereocenters. The van der Waals surface area contributed by atoms with E-state index in [-0.39, 0.29) is 12.5 Å². The fraction of sp³-hybridized carbons (Fsp3) is 0.400. The van der Waals surface area contributed by atoms with Crippen molar-refractivity contribution in [3.05, 3.63) is 57.6 Å². The lowest BCUT2D eigenvalue weighted by Gasteiger charge is -2.36. The summed E-state index contributed by atoms with van der Waals surface area (Å²) in [4.78, 5) is 17.2. The molecule has 0 spiro atoms. The first-order chi connectivity index (χ1) is 16.0. The monoisotopic (exact) mass is 489 g/mol. The van der Waals surface area contributed by atoms with Crippen LogP contribution in [0.15, 0.2) is 42.0 Å². The zero-order valence-electron chi connectivity index (χ0n) is 18.8. The predicted octanol–water partition coefficient (Wildman–Crippen LogP) is 4.50. The molecular weight excluding hydrogens is 461 g/mol. The molecule has 0 atom stereocenters. The number of fused-ring (bicyclic) bond motifs is 1. The number of carbonyl (C=O) groups is 1. The van der Waals surface area contributed by atoms with Gasteiger partial charge in [0.25, 0.3) is 5.91 Å². The van der Waals surface area contributed by atoms with Gasteiger partial charge in [0, 0.05) is 44.4 Å². The maximum absolute atomic E-state index is 12.5. The minimum atomic E-state index is -0.0662. The van der Waals surface area contributed by atoms with Crippen molar-refractivity contribution in [1.82, 2.24) is 10.2 Å². The molecule has 4 rings (SSSR count). The molecule has 1 N–H and O–H groups in total. The van der Waals surface area contributed by atoms with E-state index in [0.717, 1.165) is 68.3 Å². The van der Waals surface area contributed by atoms with Crippen LogP contribution in [-0.4, -0.2) is 63.8 Å². The highest BCUT2D eigenvalue weighted by molar-refractivity contribution is 6.43. The normalized spacial score (nSPS) is 16.0. The second-order valence-electron chi connectivity index (χ2n) is 8.23. The largest absolute Gasteiger partial charge is 0.497 e. The Morgan fingerprint density at radius 1 is 1.12 bits per heavy atom. The Morgan fingerprint density at radius 3 is 2.73 bits per heavy atom. The van der Waals surface area contributed by atoms with Crippen molar-refractivity contribution >= 4 is 40.9 Å². The van der Waals surface area contributed by atoms with Gasteiger partial charge in [-0.25, -0.2) is 0 Å². The number of anilines is 1. The van der Waals surface area contributed by atoms with Gasteiger partial charge >= 0.3 is 0 Å². The maximum atomic E-state index is 12.5. The average Bonchev–Trinajstić information content (AvgIpc) is 2.85. The summed E-state index contributed by atoms with van der Waals surface area (Å²) in [6, 6.07) is 11.4. The van der Waals surface area contributed by atoms with Crippen molar-refractivity contribution in [1.29, 1.82) is 0 Å². The number of carbonyl (C=O) groups excluding carboxylic acids is 1. The van der Waals surface area contributed by atoms with E-state index in [0.29, 0.717) is 22.2 Å². The lowest BCUT2D eigenvalue weighted by atomic mass is 10.1. The molecule has 8 heteroatoms. The van der Waals surface area contributed by atoms with Gasteiger partial charge in [0.15, 0.2) is 0 Å². The van der Waals surface area contributed by atoms with Crippen LogP contribution in [-0.2, 0) is 4.79 Å².